The Balaban J connectivity index is 3.85. The van der Waals surface area contributed by atoms with E-state index >= 15 is 0 Å². The summed E-state index contributed by atoms with van der Waals surface area (Å²) in [5, 5.41) is 25.9. The Labute approximate surface area is 111 Å². The van der Waals surface area contributed by atoms with Crippen LogP contribution in [0.5, 0.6) is 0 Å². The van der Waals surface area contributed by atoms with Crippen molar-refractivity contribution in [3.05, 3.63) is 0 Å². The van der Waals surface area contributed by atoms with Gasteiger partial charge in [0.15, 0.2) is 0 Å². The van der Waals surface area contributed by atoms with E-state index in [1.807, 2.05) is 27.7 Å². The molecule has 100 valence electrons. The standard InChI is InChI=1S/C14H24N4/c1-11(9-15)5-7-13(3)17-18-14(4)8-6-12(2)10-16/h11-14H,5-8H2,1-4H3. The van der Waals surface area contributed by atoms with Gasteiger partial charge in [-0.1, -0.05) is 0 Å². The van der Waals surface area contributed by atoms with E-state index in [-0.39, 0.29) is 23.9 Å². The minimum absolute atomic E-state index is 0.0940. The average molecular weight is 248 g/mol. The van der Waals surface area contributed by atoms with Gasteiger partial charge in [-0.2, -0.15) is 20.8 Å². The summed E-state index contributed by atoms with van der Waals surface area (Å²) in [5.41, 5.74) is 0. The second-order valence-electron chi connectivity index (χ2n) is 5.14. The first-order valence-electron chi connectivity index (χ1n) is 6.68. The lowest BCUT2D eigenvalue weighted by atomic mass is 10.0. The van der Waals surface area contributed by atoms with Gasteiger partial charge < -0.3 is 0 Å². The fraction of sp³-hybridized carbons (Fsp3) is 0.857. The van der Waals surface area contributed by atoms with Crippen molar-refractivity contribution in [3.8, 4) is 12.1 Å². The van der Waals surface area contributed by atoms with Gasteiger partial charge >= 0.3 is 0 Å². The van der Waals surface area contributed by atoms with E-state index in [1.165, 1.54) is 0 Å². The van der Waals surface area contributed by atoms with Crippen molar-refractivity contribution in [1.82, 2.24) is 0 Å². The molecule has 18 heavy (non-hydrogen) atoms. The zero-order chi connectivity index (χ0) is 14.0. The Hall–Kier alpha value is -1.42. The molecule has 0 saturated carbocycles. The van der Waals surface area contributed by atoms with Crippen molar-refractivity contribution >= 4 is 0 Å². The van der Waals surface area contributed by atoms with E-state index < -0.39 is 0 Å². The molecule has 0 bridgehead atoms. The predicted octanol–water partition coefficient (Wildman–Crippen LogP) is 4.10. The van der Waals surface area contributed by atoms with Gasteiger partial charge in [0, 0.05) is 11.8 Å². The first-order chi connectivity index (χ1) is 8.49. The summed E-state index contributed by atoms with van der Waals surface area (Å²) in [4.78, 5) is 0. The molecule has 4 nitrogen and oxygen atoms in total. The number of rotatable bonds is 8. The summed E-state index contributed by atoms with van der Waals surface area (Å²) in [5.74, 6) is 0.188. The third kappa shape index (κ3) is 8.70. The maximum Gasteiger partial charge on any atom is 0.0680 e. The van der Waals surface area contributed by atoms with Gasteiger partial charge in [-0.05, 0) is 53.4 Å². The second-order valence-corrected chi connectivity index (χ2v) is 5.14. The van der Waals surface area contributed by atoms with Crippen LogP contribution in [0.2, 0.25) is 0 Å². The van der Waals surface area contributed by atoms with Crippen LogP contribution in [-0.2, 0) is 0 Å². The molecule has 0 N–H and O–H groups in total. The summed E-state index contributed by atoms with van der Waals surface area (Å²) in [6.45, 7) is 7.90. The summed E-state index contributed by atoms with van der Waals surface area (Å²) >= 11 is 0. The highest BCUT2D eigenvalue weighted by molar-refractivity contribution is 4.80. The molecule has 0 aromatic rings. The zero-order valence-corrected chi connectivity index (χ0v) is 11.9. The van der Waals surface area contributed by atoms with Crippen molar-refractivity contribution in [3.63, 3.8) is 0 Å². The lowest BCUT2D eigenvalue weighted by Gasteiger charge is -2.09. The Bertz CT molecular complexity index is 292. The maximum absolute atomic E-state index is 8.68. The third-order valence-electron chi connectivity index (χ3n) is 2.94. The summed E-state index contributed by atoms with van der Waals surface area (Å²) in [6.07, 6.45) is 3.55. The van der Waals surface area contributed by atoms with Crippen LogP contribution >= 0.6 is 0 Å². The predicted molar refractivity (Wildman–Crippen MR) is 71.8 cm³/mol. The molecule has 0 heterocycles. The van der Waals surface area contributed by atoms with Gasteiger partial charge in [-0.15, -0.1) is 0 Å². The Kier molecular flexibility index (Phi) is 8.84. The van der Waals surface area contributed by atoms with Crippen LogP contribution in [0.3, 0.4) is 0 Å². The lowest BCUT2D eigenvalue weighted by Crippen LogP contribution is -2.04. The third-order valence-corrected chi connectivity index (χ3v) is 2.94. The monoisotopic (exact) mass is 248 g/mol. The first kappa shape index (κ1) is 16.6. The molecule has 0 fully saturated rings. The molecule has 0 aliphatic carbocycles. The highest BCUT2D eigenvalue weighted by Gasteiger charge is 2.07. The molecule has 0 aromatic heterocycles. The van der Waals surface area contributed by atoms with Crippen LogP contribution < -0.4 is 0 Å². The molecule has 0 aromatic carbocycles. The highest BCUT2D eigenvalue weighted by atomic mass is 15.1. The highest BCUT2D eigenvalue weighted by Crippen LogP contribution is 2.12. The number of hydrogen-bond donors (Lipinski definition) is 0. The maximum atomic E-state index is 8.68. The van der Waals surface area contributed by atoms with Gasteiger partial charge in [-0.3, -0.25) is 0 Å². The zero-order valence-electron chi connectivity index (χ0n) is 11.9. The van der Waals surface area contributed by atoms with Gasteiger partial charge in [0.25, 0.3) is 0 Å². The minimum Gasteiger partial charge on any atom is -0.198 e. The Morgan fingerprint density at radius 3 is 1.33 bits per heavy atom. The molecule has 0 aliphatic rings. The van der Waals surface area contributed by atoms with E-state index in [9.17, 15) is 0 Å². The molecule has 0 saturated heterocycles. The van der Waals surface area contributed by atoms with Crippen LogP contribution in [0, 0.1) is 34.5 Å². The first-order valence-corrected chi connectivity index (χ1v) is 6.68. The van der Waals surface area contributed by atoms with Crippen molar-refractivity contribution in [2.45, 2.75) is 65.5 Å². The van der Waals surface area contributed by atoms with E-state index in [0.717, 1.165) is 25.7 Å². The van der Waals surface area contributed by atoms with Gasteiger partial charge in [0.05, 0.1) is 24.2 Å². The topological polar surface area (TPSA) is 72.3 Å². The smallest absolute Gasteiger partial charge is 0.0680 e. The summed E-state index contributed by atoms with van der Waals surface area (Å²) in [7, 11) is 0. The molecule has 4 heteroatoms. The Morgan fingerprint density at radius 1 is 0.722 bits per heavy atom. The quantitative estimate of drug-likeness (QED) is 0.607. The molecule has 0 spiro atoms. The van der Waals surface area contributed by atoms with Crippen LogP contribution in [0.1, 0.15) is 53.4 Å². The number of nitrogens with zero attached hydrogens (tertiary/aromatic N) is 4. The molecular formula is C14H24N4. The van der Waals surface area contributed by atoms with Crippen LogP contribution in [0.4, 0.5) is 0 Å². The molecule has 4 atom stereocenters. The molecule has 0 amide bonds. The second kappa shape index (κ2) is 9.59. The largest absolute Gasteiger partial charge is 0.198 e. The van der Waals surface area contributed by atoms with E-state index in [1.54, 1.807) is 0 Å². The minimum atomic E-state index is 0.0940. The van der Waals surface area contributed by atoms with Crippen LogP contribution in [0.15, 0.2) is 10.2 Å². The fourth-order valence-corrected chi connectivity index (χ4v) is 1.45. The average Bonchev–Trinajstić information content (AvgIpc) is 2.39. The van der Waals surface area contributed by atoms with Gasteiger partial charge in [0.1, 0.15) is 0 Å². The number of nitriles is 2. The number of azo groups is 1. The summed E-state index contributed by atoms with van der Waals surface area (Å²) in [6, 6.07) is 4.80. The SMILES string of the molecule is CC(C#N)CCC(C)N=NC(C)CCC(C)C#N. The molecule has 4 unspecified atom stereocenters. The molecule has 0 radical (unpaired) electrons. The number of hydrogen-bond acceptors (Lipinski definition) is 4. The van der Waals surface area contributed by atoms with Gasteiger partial charge in [-0.25, -0.2) is 0 Å². The van der Waals surface area contributed by atoms with Gasteiger partial charge in [0.2, 0.25) is 0 Å². The van der Waals surface area contributed by atoms with E-state index in [2.05, 4.69) is 22.4 Å². The van der Waals surface area contributed by atoms with Crippen molar-refractivity contribution in [2.75, 3.05) is 0 Å². The normalized spacial score (nSPS) is 17.7. The van der Waals surface area contributed by atoms with E-state index in [4.69, 9.17) is 10.5 Å². The van der Waals surface area contributed by atoms with Crippen molar-refractivity contribution in [1.29, 1.82) is 10.5 Å². The van der Waals surface area contributed by atoms with Crippen LogP contribution in [-0.4, -0.2) is 12.1 Å². The summed E-state index contributed by atoms with van der Waals surface area (Å²) < 4.78 is 0. The fourth-order valence-electron chi connectivity index (χ4n) is 1.45. The van der Waals surface area contributed by atoms with Crippen molar-refractivity contribution in [2.24, 2.45) is 22.1 Å². The molecular weight excluding hydrogens is 224 g/mol. The lowest BCUT2D eigenvalue weighted by molar-refractivity contribution is 0.501. The molecule has 0 aliphatic heterocycles. The van der Waals surface area contributed by atoms with Crippen LogP contribution in [0.25, 0.3) is 0 Å². The molecule has 0 rings (SSSR count). The Morgan fingerprint density at radius 2 is 1.06 bits per heavy atom. The van der Waals surface area contributed by atoms with E-state index in [0.29, 0.717) is 0 Å². The van der Waals surface area contributed by atoms with Crippen molar-refractivity contribution < 1.29 is 0 Å².